The number of hydrogen-bond donors (Lipinski definition) is 1. The smallest absolute Gasteiger partial charge is 0.340 e. The summed E-state index contributed by atoms with van der Waals surface area (Å²) in [7, 11) is -2.63. The minimum absolute atomic E-state index is 0.141. The number of carbonyl (C=O) groups is 2. The van der Waals surface area contributed by atoms with Crippen molar-refractivity contribution in [3.05, 3.63) is 84.4 Å². The van der Waals surface area contributed by atoms with Gasteiger partial charge in [-0.25, -0.2) is 13.2 Å². The van der Waals surface area contributed by atoms with Crippen LogP contribution in [-0.4, -0.2) is 47.0 Å². The second kappa shape index (κ2) is 10.6. The van der Waals surface area contributed by atoms with Crippen LogP contribution in [-0.2, 0) is 19.6 Å². The summed E-state index contributed by atoms with van der Waals surface area (Å²) >= 11 is 0. The van der Waals surface area contributed by atoms with Gasteiger partial charge in [0.2, 0.25) is 0 Å². The fraction of sp³-hybridized carbons (Fsp3) is 0.231. The first-order chi connectivity index (χ1) is 16.9. The average Bonchev–Trinajstić information content (AvgIpc) is 3.43. The third kappa shape index (κ3) is 5.63. The summed E-state index contributed by atoms with van der Waals surface area (Å²) in [6.07, 6.45) is 2.35. The molecule has 182 valence electrons. The number of anilines is 3. The van der Waals surface area contributed by atoms with Crippen molar-refractivity contribution in [1.29, 1.82) is 0 Å². The summed E-state index contributed by atoms with van der Waals surface area (Å²) in [5.74, 6) is -1.42. The molecule has 0 saturated carbocycles. The molecule has 0 atom stereocenters. The molecule has 1 N–H and O–H groups in total. The second-order valence-electron chi connectivity index (χ2n) is 8.17. The molecule has 4 rings (SSSR count). The van der Waals surface area contributed by atoms with Crippen molar-refractivity contribution in [1.82, 2.24) is 0 Å². The van der Waals surface area contributed by atoms with Gasteiger partial charge in [-0.05, 0) is 61.4 Å². The highest BCUT2D eigenvalue weighted by Crippen LogP contribution is 2.25. The Morgan fingerprint density at radius 1 is 0.914 bits per heavy atom. The fourth-order valence-corrected chi connectivity index (χ4v) is 5.30. The molecule has 1 aliphatic heterocycles. The van der Waals surface area contributed by atoms with E-state index in [4.69, 9.17) is 4.74 Å². The first kappa shape index (κ1) is 24.3. The number of para-hydroxylation sites is 1. The van der Waals surface area contributed by atoms with Crippen LogP contribution in [0.2, 0.25) is 0 Å². The molecule has 1 saturated heterocycles. The molecule has 0 unspecified atom stereocenters. The molecule has 35 heavy (non-hydrogen) atoms. The number of nitrogens with zero attached hydrogens (tertiary/aromatic N) is 2. The van der Waals surface area contributed by atoms with Crippen molar-refractivity contribution in [2.45, 2.75) is 17.7 Å². The molecule has 9 heteroatoms. The Balaban J connectivity index is 1.40. The molecule has 0 spiro atoms. The maximum atomic E-state index is 13.2. The van der Waals surface area contributed by atoms with Gasteiger partial charge in [0.15, 0.2) is 6.61 Å². The molecular formula is C26H27N3O5S. The van der Waals surface area contributed by atoms with Gasteiger partial charge in [-0.15, -0.1) is 0 Å². The Kier molecular flexibility index (Phi) is 7.36. The fourth-order valence-electron chi connectivity index (χ4n) is 3.92. The van der Waals surface area contributed by atoms with Crippen molar-refractivity contribution >= 4 is 39.0 Å². The van der Waals surface area contributed by atoms with Gasteiger partial charge in [0.25, 0.3) is 15.9 Å². The molecule has 1 fully saturated rings. The van der Waals surface area contributed by atoms with E-state index in [9.17, 15) is 18.0 Å². The summed E-state index contributed by atoms with van der Waals surface area (Å²) in [5.41, 5.74) is 2.00. The number of carbonyl (C=O) groups excluding carboxylic acids is 2. The van der Waals surface area contributed by atoms with E-state index in [0.29, 0.717) is 11.4 Å². The largest absolute Gasteiger partial charge is 0.452 e. The van der Waals surface area contributed by atoms with E-state index in [1.165, 1.54) is 38.1 Å². The van der Waals surface area contributed by atoms with Crippen molar-refractivity contribution in [3.8, 4) is 0 Å². The third-order valence-corrected chi connectivity index (χ3v) is 7.67. The number of rotatable bonds is 8. The monoisotopic (exact) mass is 493 g/mol. The number of esters is 1. The zero-order valence-electron chi connectivity index (χ0n) is 19.4. The molecule has 3 aromatic carbocycles. The molecule has 0 bridgehead atoms. The number of nitrogens with one attached hydrogen (secondary N) is 1. The van der Waals surface area contributed by atoms with E-state index < -0.39 is 28.5 Å². The number of amides is 1. The number of sulfonamides is 1. The molecule has 3 aromatic rings. The molecule has 1 amide bonds. The summed E-state index contributed by atoms with van der Waals surface area (Å²) in [6, 6.07) is 21.8. The van der Waals surface area contributed by atoms with Crippen LogP contribution in [0.4, 0.5) is 17.1 Å². The van der Waals surface area contributed by atoms with Crippen LogP contribution in [0.15, 0.2) is 83.8 Å². The van der Waals surface area contributed by atoms with Crippen molar-refractivity contribution in [3.63, 3.8) is 0 Å². The van der Waals surface area contributed by atoms with E-state index in [0.717, 1.165) is 23.1 Å². The van der Waals surface area contributed by atoms with E-state index in [-0.39, 0.29) is 10.5 Å². The molecule has 0 radical (unpaired) electrons. The number of benzene rings is 3. The Bertz CT molecular complexity index is 1290. The van der Waals surface area contributed by atoms with Gasteiger partial charge in [-0.2, -0.15) is 0 Å². The van der Waals surface area contributed by atoms with Crippen molar-refractivity contribution in [2.75, 3.05) is 41.3 Å². The lowest BCUT2D eigenvalue weighted by molar-refractivity contribution is -0.119. The van der Waals surface area contributed by atoms with Gasteiger partial charge in [0.05, 0.1) is 11.3 Å². The Hall–Kier alpha value is -3.85. The average molecular weight is 494 g/mol. The number of ether oxygens (including phenoxy) is 1. The lowest BCUT2D eigenvalue weighted by atomic mass is 10.2. The van der Waals surface area contributed by atoms with Crippen molar-refractivity contribution in [2.24, 2.45) is 0 Å². The highest BCUT2D eigenvalue weighted by molar-refractivity contribution is 7.92. The molecule has 1 heterocycles. The van der Waals surface area contributed by atoms with Crippen LogP contribution in [0.5, 0.6) is 0 Å². The SMILES string of the molecule is CN(c1ccccc1)S(=O)(=O)c1ccccc1C(=O)OCC(=O)Nc1ccc(N2CCCC2)cc1. The lowest BCUT2D eigenvalue weighted by Gasteiger charge is -2.20. The van der Waals surface area contributed by atoms with Crippen molar-refractivity contribution < 1.29 is 22.7 Å². The summed E-state index contributed by atoms with van der Waals surface area (Å²) in [4.78, 5) is 27.2. The summed E-state index contributed by atoms with van der Waals surface area (Å²) in [6.45, 7) is 1.51. The minimum Gasteiger partial charge on any atom is -0.452 e. The highest BCUT2D eigenvalue weighted by atomic mass is 32.2. The van der Waals surface area contributed by atoms with Crippen LogP contribution in [0.3, 0.4) is 0 Å². The van der Waals surface area contributed by atoms with Gasteiger partial charge in [-0.3, -0.25) is 9.10 Å². The Morgan fingerprint density at radius 3 is 2.23 bits per heavy atom. The van der Waals surface area contributed by atoms with E-state index >= 15 is 0 Å². The minimum atomic E-state index is -4.04. The molecule has 8 nitrogen and oxygen atoms in total. The van der Waals surface area contributed by atoms with Crippen LogP contribution in [0.25, 0.3) is 0 Å². The van der Waals surface area contributed by atoms with Gasteiger partial charge in [-0.1, -0.05) is 30.3 Å². The Morgan fingerprint density at radius 2 is 1.54 bits per heavy atom. The maximum Gasteiger partial charge on any atom is 0.340 e. The number of hydrogen-bond acceptors (Lipinski definition) is 6. The quantitative estimate of drug-likeness (QED) is 0.478. The first-order valence-electron chi connectivity index (χ1n) is 11.3. The van der Waals surface area contributed by atoms with Crippen LogP contribution in [0.1, 0.15) is 23.2 Å². The van der Waals surface area contributed by atoms with Gasteiger partial charge < -0.3 is 15.0 Å². The normalized spacial score (nSPS) is 13.3. The predicted molar refractivity (Wildman–Crippen MR) is 135 cm³/mol. The highest BCUT2D eigenvalue weighted by Gasteiger charge is 2.27. The van der Waals surface area contributed by atoms with Crippen LogP contribution in [0, 0.1) is 0 Å². The van der Waals surface area contributed by atoms with E-state index in [1.54, 1.807) is 48.5 Å². The lowest BCUT2D eigenvalue weighted by Crippen LogP contribution is -2.28. The molecular weight excluding hydrogens is 466 g/mol. The van der Waals surface area contributed by atoms with Gasteiger partial charge in [0, 0.05) is 31.5 Å². The van der Waals surface area contributed by atoms with E-state index in [2.05, 4.69) is 10.2 Å². The van der Waals surface area contributed by atoms with Gasteiger partial charge >= 0.3 is 5.97 Å². The maximum absolute atomic E-state index is 13.2. The molecule has 0 aromatic heterocycles. The van der Waals surface area contributed by atoms with Crippen LogP contribution >= 0.6 is 0 Å². The predicted octanol–water partition coefficient (Wildman–Crippen LogP) is 3.91. The summed E-state index contributed by atoms with van der Waals surface area (Å²) in [5, 5.41) is 2.69. The van der Waals surface area contributed by atoms with Crippen LogP contribution < -0.4 is 14.5 Å². The molecule has 0 aliphatic carbocycles. The molecule has 1 aliphatic rings. The second-order valence-corrected chi connectivity index (χ2v) is 10.1. The zero-order valence-corrected chi connectivity index (χ0v) is 20.2. The zero-order chi connectivity index (χ0) is 24.8. The summed E-state index contributed by atoms with van der Waals surface area (Å²) < 4.78 is 32.6. The first-order valence-corrected chi connectivity index (χ1v) is 12.8. The standard InChI is InChI=1S/C26H27N3O5S/c1-28(21-9-3-2-4-10-21)35(32,33)24-12-6-5-11-23(24)26(31)34-19-25(30)27-20-13-15-22(16-14-20)29-17-7-8-18-29/h2-6,9-16H,7-8,17-19H2,1H3,(H,27,30). The Labute approximate surface area is 205 Å². The van der Waals surface area contributed by atoms with E-state index in [1.807, 2.05) is 12.1 Å². The van der Waals surface area contributed by atoms with Gasteiger partial charge in [0.1, 0.15) is 4.90 Å². The third-order valence-electron chi connectivity index (χ3n) is 5.82. The topological polar surface area (TPSA) is 96.0 Å².